The van der Waals surface area contributed by atoms with Gasteiger partial charge in [0.1, 0.15) is 11.8 Å². The fourth-order valence-electron chi connectivity index (χ4n) is 4.04. The molecular weight excluding hydrogens is 366 g/mol. The second kappa shape index (κ2) is 9.16. The number of carbonyl (C=O) groups is 3. The number of rotatable bonds is 8. The molecule has 10 nitrogen and oxygen atoms in total. The Kier molecular flexibility index (Phi) is 6.63. The molecule has 0 spiro atoms. The monoisotopic (exact) mass is 393 g/mol. The molecular formula is C18H27N5O5. The Balaban J connectivity index is 1.68. The molecule has 1 aliphatic carbocycles. The van der Waals surface area contributed by atoms with E-state index in [1.165, 1.54) is 5.01 Å². The van der Waals surface area contributed by atoms with Crippen LogP contribution < -0.4 is 10.7 Å². The molecule has 10 heteroatoms. The van der Waals surface area contributed by atoms with Crippen LogP contribution in [0.4, 0.5) is 5.82 Å². The SMILES string of the molecule is Cc1cc(NC(=O)[C@@H]2CCNN2C(=O)[C@H](CC2CCCC2)CN(O)C=O)no1. The highest BCUT2D eigenvalue weighted by atomic mass is 16.5. The highest BCUT2D eigenvalue weighted by Gasteiger charge is 2.39. The molecule has 2 atom stereocenters. The normalized spacial score (nSPS) is 20.9. The minimum absolute atomic E-state index is 0.0895. The van der Waals surface area contributed by atoms with Gasteiger partial charge < -0.3 is 9.84 Å². The number of hydrogen-bond donors (Lipinski definition) is 3. The third-order valence-electron chi connectivity index (χ3n) is 5.40. The van der Waals surface area contributed by atoms with Gasteiger partial charge in [0.2, 0.25) is 18.2 Å². The lowest BCUT2D eigenvalue weighted by atomic mass is 9.92. The van der Waals surface area contributed by atoms with E-state index in [0.717, 1.165) is 25.7 Å². The van der Waals surface area contributed by atoms with Gasteiger partial charge in [0.15, 0.2) is 5.82 Å². The molecule has 1 aromatic rings. The Labute approximate surface area is 163 Å². The number of hydrazine groups is 1. The zero-order valence-electron chi connectivity index (χ0n) is 16.0. The number of carbonyl (C=O) groups excluding carboxylic acids is 3. The molecule has 0 bridgehead atoms. The van der Waals surface area contributed by atoms with Crippen molar-refractivity contribution in [3.8, 4) is 0 Å². The van der Waals surface area contributed by atoms with Crippen molar-refractivity contribution in [3.05, 3.63) is 11.8 Å². The van der Waals surface area contributed by atoms with Crippen LogP contribution in [-0.2, 0) is 14.4 Å². The van der Waals surface area contributed by atoms with Gasteiger partial charge in [-0.05, 0) is 25.7 Å². The third kappa shape index (κ3) is 4.87. The van der Waals surface area contributed by atoms with Gasteiger partial charge in [-0.15, -0.1) is 0 Å². The number of amides is 3. The van der Waals surface area contributed by atoms with Crippen LogP contribution in [0, 0.1) is 18.8 Å². The average Bonchev–Trinajstić information content (AvgIpc) is 3.42. The number of nitrogens with one attached hydrogen (secondary N) is 2. The molecule has 0 aromatic carbocycles. The number of hydrogen-bond acceptors (Lipinski definition) is 7. The van der Waals surface area contributed by atoms with Crippen LogP contribution in [0.2, 0.25) is 0 Å². The Bertz CT molecular complexity index is 702. The fraction of sp³-hybridized carbons (Fsp3) is 0.667. The van der Waals surface area contributed by atoms with Crippen LogP contribution in [0.1, 0.15) is 44.3 Å². The number of nitrogens with zero attached hydrogens (tertiary/aromatic N) is 3. The van der Waals surface area contributed by atoms with E-state index in [2.05, 4.69) is 15.9 Å². The Morgan fingerprint density at radius 1 is 1.46 bits per heavy atom. The average molecular weight is 393 g/mol. The van der Waals surface area contributed by atoms with Gasteiger partial charge in [0.05, 0.1) is 12.5 Å². The zero-order chi connectivity index (χ0) is 20.1. The zero-order valence-corrected chi connectivity index (χ0v) is 16.0. The van der Waals surface area contributed by atoms with Crippen molar-refractivity contribution < 1.29 is 24.1 Å². The summed E-state index contributed by atoms with van der Waals surface area (Å²) >= 11 is 0. The van der Waals surface area contributed by atoms with Crippen molar-refractivity contribution >= 4 is 24.0 Å². The minimum atomic E-state index is -0.695. The molecule has 0 radical (unpaired) electrons. The second-order valence-electron chi connectivity index (χ2n) is 7.54. The van der Waals surface area contributed by atoms with E-state index in [9.17, 15) is 19.6 Å². The van der Waals surface area contributed by atoms with E-state index >= 15 is 0 Å². The molecule has 2 heterocycles. The van der Waals surface area contributed by atoms with Gasteiger partial charge in [-0.1, -0.05) is 30.8 Å². The summed E-state index contributed by atoms with van der Waals surface area (Å²) in [5.41, 5.74) is 2.97. The maximum atomic E-state index is 13.2. The lowest BCUT2D eigenvalue weighted by Gasteiger charge is -2.29. The molecule has 1 saturated heterocycles. The van der Waals surface area contributed by atoms with Gasteiger partial charge >= 0.3 is 0 Å². The largest absolute Gasteiger partial charge is 0.360 e. The molecule has 3 amide bonds. The third-order valence-corrected chi connectivity index (χ3v) is 5.40. The predicted molar refractivity (Wildman–Crippen MR) is 97.7 cm³/mol. The summed E-state index contributed by atoms with van der Waals surface area (Å²) in [6, 6.07) is 0.905. The second-order valence-corrected chi connectivity index (χ2v) is 7.54. The van der Waals surface area contributed by atoms with Crippen LogP contribution in [0.15, 0.2) is 10.6 Å². The van der Waals surface area contributed by atoms with Crippen molar-refractivity contribution in [3.63, 3.8) is 0 Å². The van der Waals surface area contributed by atoms with Crippen molar-refractivity contribution in [1.29, 1.82) is 0 Å². The van der Waals surface area contributed by atoms with E-state index in [1.807, 2.05) is 0 Å². The van der Waals surface area contributed by atoms with E-state index in [1.54, 1.807) is 13.0 Å². The number of anilines is 1. The smallest absolute Gasteiger partial charge is 0.250 e. The summed E-state index contributed by atoms with van der Waals surface area (Å²) in [5.74, 6) is 0.0351. The molecule has 3 N–H and O–H groups in total. The first-order chi connectivity index (χ1) is 13.5. The topological polar surface area (TPSA) is 128 Å². The minimum Gasteiger partial charge on any atom is -0.360 e. The van der Waals surface area contributed by atoms with Crippen LogP contribution >= 0.6 is 0 Å². The van der Waals surface area contributed by atoms with E-state index in [0.29, 0.717) is 48.4 Å². The van der Waals surface area contributed by atoms with E-state index in [4.69, 9.17) is 4.52 Å². The molecule has 2 fully saturated rings. The summed E-state index contributed by atoms with van der Waals surface area (Å²) in [5, 5.41) is 17.9. The van der Waals surface area contributed by atoms with Crippen molar-refractivity contribution in [2.45, 2.75) is 51.5 Å². The fourth-order valence-corrected chi connectivity index (χ4v) is 4.04. The predicted octanol–water partition coefficient (Wildman–Crippen LogP) is 1.07. The maximum Gasteiger partial charge on any atom is 0.250 e. The lowest BCUT2D eigenvalue weighted by molar-refractivity contribution is -0.159. The molecule has 1 saturated carbocycles. The molecule has 1 aromatic heterocycles. The van der Waals surface area contributed by atoms with Crippen LogP contribution in [-0.4, -0.2) is 57.8 Å². The summed E-state index contributed by atoms with van der Waals surface area (Å²) < 4.78 is 4.94. The summed E-state index contributed by atoms with van der Waals surface area (Å²) in [7, 11) is 0. The van der Waals surface area contributed by atoms with Crippen LogP contribution in [0.5, 0.6) is 0 Å². The van der Waals surface area contributed by atoms with Crippen molar-refractivity contribution in [2.24, 2.45) is 11.8 Å². The number of aryl methyl sites for hydroxylation is 1. The standard InChI is InChI=1S/C18H27N5O5/c1-12-8-16(21-28-12)20-17(25)15-6-7-19-23(15)18(26)14(10-22(27)11-24)9-13-4-2-3-5-13/h8,11,13-15,19,27H,2-7,9-10H2,1H3,(H,20,21,25)/t14-,15+/m1/s1. The summed E-state index contributed by atoms with van der Waals surface area (Å²) in [4.78, 5) is 36.6. The van der Waals surface area contributed by atoms with Crippen LogP contribution in [0.3, 0.4) is 0 Å². The van der Waals surface area contributed by atoms with E-state index in [-0.39, 0.29) is 18.4 Å². The first-order valence-electron chi connectivity index (χ1n) is 9.69. The van der Waals surface area contributed by atoms with Gasteiger partial charge in [0, 0.05) is 12.6 Å². The number of aromatic nitrogens is 1. The molecule has 1 aliphatic heterocycles. The molecule has 28 heavy (non-hydrogen) atoms. The van der Waals surface area contributed by atoms with E-state index < -0.39 is 12.0 Å². The van der Waals surface area contributed by atoms with Crippen molar-refractivity contribution in [2.75, 3.05) is 18.4 Å². The molecule has 3 rings (SSSR count). The van der Waals surface area contributed by atoms with Gasteiger partial charge in [-0.3, -0.25) is 24.6 Å². The van der Waals surface area contributed by atoms with Gasteiger partial charge in [-0.2, -0.15) is 0 Å². The van der Waals surface area contributed by atoms with Gasteiger partial charge in [0.25, 0.3) is 0 Å². The Morgan fingerprint density at radius 2 is 2.21 bits per heavy atom. The first kappa shape index (κ1) is 20.3. The van der Waals surface area contributed by atoms with Gasteiger partial charge in [-0.25, -0.2) is 10.5 Å². The number of hydroxylamine groups is 2. The Morgan fingerprint density at radius 3 is 2.86 bits per heavy atom. The maximum absolute atomic E-state index is 13.2. The summed E-state index contributed by atoms with van der Waals surface area (Å²) in [6.45, 7) is 2.11. The molecule has 0 unspecified atom stereocenters. The van der Waals surface area contributed by atoms with Crippen LogP contribution in [0.25, 0.3) is 0 Å². The molecule has 2 aliphatic rings. The summed E-state index contributed by atoms with van der Waals surface area (Å²) in [6.07, 6.45) is 5.68. The molecule has 154 valence electrons. The quantitative estimate of drug-likeness (QED) is 0.342. The highest BCUT2D eigenvalue weighted by molar-refractivity contribution is 5.97. The van der Waals surface area contributed by atoms with Crippen molar-refractivity contribution in [1.82, 2.24) is 20.7 Å². The first-order valence-corrected chi connectivity index (χ1v) is 9.69. The lowest BCUT2D eigenvalue weighted by Crippen LogP contribution is -2.51. The Hall–Kier alpha value is -2.46. The highest BCUT2D eigenvalue weighted by Crippen LogP contribution is 2.31.